The minimum atomic E-state index is -1.83. The third kappa shape index (κ3) is 7.66. The number of carbonyl (C=O) groups excluding carboxylic acids is 1. The molecule has 0 aromatic rings. The first-order valence-corrected chi connectivity index (χ1v) is 6.30. The summed E-state index contributed by atoms with van der Waals surface area (Å²) < 4.78 is 10.3. The predicted molar refractivity (Wildman–Crippen MR) is 73.5 cm³/mol. The summed E-state index contributed by atoms with van der Waals surface area (Å²) in [6.45, 7) is 9.89. The SMILES string of the molecule is CO/C(=C/C1CC1(C)C)C(=O)OC(C)(C)C.O=C(O)O. The molecule has 1 aliphatic carbocycles. The van der Waals surface area contributed by atoms with Crippen molar-refractivity contribution in [3.8, 4) is 0 Å². The smallest absolute Gasteiger partial charge is 0.490 e. The summed E-state index contributed by atoms with van der Waals surface area (Å²) in [5, 5.41) is 13.9. The number of methoxy groups -OCH3 is 1. The first-order chi connectivity index (χ1) is 8.89. The monoisotopic (exact) mass is 288 g/mol. The second-order valence-electron chi connectivity index (χ2n) is 6.32. The molecule has 0 amide bonds. The molecule has 6 heteroatoms. The molecule has 0 bridgehead atoms. The molecular weight excluding hydrogens is 264 g/mol. The lowest BCUT2D eigenvalue weighted by molar-refractivity contribution is -0.153. The molecule has 1 atom stereocenters. The zero-order chi connectivity index (χ0) is 16.1. The van der Waals surface area contributed by atoms with E-state index in [-0.39, 0.29) is 5.97 Å². The van der Waals surface area contributed by atoms with E-state index < -0.39 is 11.8 Å². The molecule has 0 aromatic carbocycles. The van der Waals surface area contributed by atoms with E-state index in [0.29, 0.717) is 17.1 Å². The molecule has 0 saturated heterocycles. The highest BCUT2D eigenvalue weighted by molar-refractivity contribution is 5.86. The van der Waals surface area contributed by atoms with Crippen molar-refractivity contribution in [3.63, 3.8) is 0 Å². The van der Waals surface area contributed by atoms with Crippen molar-refractivity contribution >= 4 is 12.1 Å². The van der Waals surface area contributed by atoms with Crippen LogP contribution in [0.15, 0.2) is 11.8 Å². The lowest BCUT2D eigenvalue weighted by atomic mass is 10.1. The van der Waals surface area contributed by atoms with Crippen molar-refractivity contribution in [2.24, 2.45) is 11.3 Å². The number of hydrogen-bond donors (Lipinski definition) is 2. The molecule has 6 nitrogen and oxygen atoms in total. The second kappa shape index (κ2) is 6.63. The summed E-state index contributed by atoms with van der Waals surface area (Å²) in [7, 11) is 1.51. The van der Waals surface area contributed by atoms with Crippen molar-refractivity contribution < 1.29 is 29.3 Å². The number of carboxylic acid groups (broad SMARTS) is 2. The summed E-state index contributed by atoms with van der Waals surface area (Å²) in [6, 6.07) is 0. The Bertz CT molecular complexity index is 385. The Morgan fingerprint density at radius 1 is 1.25 bits per heavy atom. The van der Waals surface area contributed by atoms with E-state index in [4.69, 9.17) is 24.5 Å². The fraction of sp³-hybridized carbons (Fsp3) is 0.714. The Kier molecular flexibility index (Phi) is 6.06. The molecule has 1 rings (SSSR count). The Balaban J connectivity index is 0.000000796. The van der Waals surface area contributed by atoms with Gasteiger partial charge in [0.2, 0.25) is 5.76 Å². The molecule has 0 aromatic heterocycles. The Morgan fingerprint density at radius 2 is 1.65 bits per heavy atom. The van der Waals surface area contributed by atoms with Gasteiger partial charge in [0.1, 0.15) is 5.60 Å². The third-order valence-corrected chi connectivity index (χ3v) is 2.76. The lowest BCUT2D eigenvalue weighted by Crippen LogP contribution is -2.25. The maximum atomic E-state index is 11.7. The molecule has 1 saturated carbocycles. The van der Waals surface area contributed by atoms with Gasteiger partial charge in [0.25, 0.3) is 0 Å². The molecule has 0 radical (unpaired) electrons. The van der Waals surface area contributed by atoms with Crippen molar-refractivity contribution in [3.05, 3.63) is 11.8 Å². The minimum Gasteiger partial charge on any atom is -0.490 e. The van der Waals surface area contributed by atoms with Crippen LogP contribution in [0.1, 0.15) is 41.0 Å². The van der Waals surface area contributed by atoms with Crippen molar-refractivity contribution in [1.82, 2.24) is 0 Å². The van der Waals surface area contributed by atoms with Crippen LogP contribution in [0.2, 0.25) is 0 Å². The first kappa shape index (κ1) is 18.3. The van der Waals surface area contributed by atoms with Gasteiger partial charge < -0.3 is 19.7 Å². The average molecular weight is 288 g/mol. The second-order valence-corrected chi connectivity index (χ2v) is 6.32. The van der Waals surface area contributed by atoms with Gasteiger partial charge >= 0.3 is 12.1 Å². The van der Waals surface area contributed by atoms with Crippen LogP contribution in [0.25, 0.3) is 0 Å². The Morgan fingerprint density at radius 3 is 1.90 bits per heavy atom. The molecular formula is C14H24O6. The van der Waals surface area contributed by atoms with E-state index in [1.807, 2.05) is 26.8 Å². The van der Waals surface area contributed by atoms with Crippen LogP contribution in [0.5, 0.6) is 0 Å². The molecule has 1 unspecified atom stereocenters. The van der Waals surface area contributed by atoms with Gasteiger partial charge in [-0.3, -0.25) is 0 Å². The maximum Gasteiger partial charge on any atom is 0.503 e. The molecule has 0 aliphatic heterocycles. The van der Waals surface area contributed by atoms with Crippen LogP contribution in [-0.2, 0) is 14.3 Å². The van der Waals surface area contributed by atoms with Gasteiger partial charge in [0.15, 0.2) is 0 Å². The standard InChI is InChI=1S/C13H22O3.CH2O3/c1-12(2,3)16-11(14)10(15-6)7-9-8-13(9,4)5;2-1(3)4/h7,9H,8H2,1-6H3;(H2,2,3,4)/b10-7+;. The van der Waals surface area contributed by atoms with Gasteiger partial charge in [0.05, 0.1) is 7.11 Å². The third-order valence-electron chi connectivity index (χ3n) is 2.76. The molecule has 0 heterocycles. The van der Waals surface area contributed by atoms with Crippen LogP contribution in [0.4, 0.5) is 4.79 Å². The molecule has 1 aliphatic rings. The molecule has 2 N–H and O–H groups in total. The summed E-state index contributed by atoms with van der Waals surface area (Å²) >= 11 is 0. The van der Waals surface area contributed by atoms with Crippen LogP contribution in [-0.4, -0.2) is 35.0 Å². The Hall–Kier alpha value is -1.72. The number of ether oxygens (including phenoxy) is 2. The van der Waals surface area contributed by atoms with Gasteiger partial charge in [-0.1, -0.05) is 13.8 Å². The minimum absolute atomic E-state index is 0.297. The van der Waals surface area contributed by atoms with E-state index in [1.54, 1.807) is 0 Å². The van der Waals surface area contributed by atoms with Crippen molar-refractivity contribution in [2.45, 2.75) is 46.6 Å². The number of carbonyl (C=O) groups is 2. The summed E-state index contributed by atoms with van der Waals surface area (Å²) in [5.41, 5.74) is -0.181. The number of allylic oxidation sites excluding steroid dienone is 1. The summed E-state index contributed by atoms with van der Waals surface area (Å²) in [6.07, 6.45) is 1.15. The van der Waals surface area contributed by atoms with Crippen LogP contribution >= 0.6 is 0 Å². The molecule has 1 fully saturated rings. The van der Waals surface area contributed by atoms with E-state index in [2.05, 4.69) is 13.8 Å². The van der Waals surface area contributed by atoms with Gasteiger partial charge in [-0.05, 0) is 44.6 Å². The largest absolute Gasteiger partial charge is 0.503 e. The first-order valence-electron chi connectivity index (χ1n) is 6.30. The highest BCUT2D eigenvalue weighted by Crippen LogP contribution is 2.52. The summed E-state index contributed by atoms with van der Waals surface area (Å²) in [5.74, 6) is 0.373. The number of esters is 1. The zero-order valence-corrected chi connectivity index (χ0v) is 12.9. The van der Waals surface area contributed by atoms with Crippen LogP contribution in [0, 0.1) is 11.3 Å². The van der Waals surface area contributed by atoms with Crippen LogP contribution < -0.4 is 0 Å². The normalized spacial score (nSPS) is 20.3. The van der Waals surface area contributed by atoms with Gasteiger partial charge in [-0.15, -0.1) is 0 Å². The van der Waals surface area contributed by atoms with E-state index in [0.717, 1.165) is 6.42 Å². The Labute approximate surface area is 119 Å². The van der Waals surface area contributed by atoms with Gasteiger partial charge in [-0.25, -0.2) is 9.59 Å². The van der Waals surface area contributed by atoms with E-state index >= 15 is 0 Å². The highest BCUT2D eigenvalue weighted by Gasteiger charge is 2.44. The number of rotatable bonds is 3. The summed E-state index contributed by atoms with van der Waals surface area (Å²) in [4.78, 5) is 20.3. The topological polar surface area (TPSA) is 93.1 Å². The van der Waals surface area contributed by atoms with E-state index in [9.17, 15) is 4.79 Å². The average Bonchev–Trinajstić information content (AvgIpc) is 2.78. The van der Waals surface area contributed by atoms with Crippen LogP contribution in [0.3, 0.4) is 0 Å². The highest BCUT2D eigenvalue weighted by atomic mass is 16.6. The van der Waals surface area contributed by atoms with E-state index in [1.165, 1.54) is 7.11 Å². The van der Waals surface area contributed by atoms with Gasteiger partial charge in [0, 0.05) is 0 Å². The van der Waals surface area contributed by atoms with Crippen molar-refractivity contribution in [2.75, 3.05) is 7.11 Å². The maximum absolute atomic E-state index is 11.7. The molecule has 116 valence electrons. The van der Waals surface area contributed by atoms with Crippen molar-refractivity contribution in [1.29, 1.82) is 0 Å². The fourth-order valence-electron chi connectivity index (χ4n) is 1.52. The lowest BCUT2D eigenvalue weighted by Gasteiger charge is -2.20. The van der Waals surface area contributed by atoms with Gasteiger partial charge in [-0.2, -0.15) is 0 Å². The predicted octanol–water partition coefficient (Wildman–Crippen LogP) is 3.13. The quantitative estimate of drug-likeness (QED) is 0.471. The number of hydrogen-bond acceptors (Lipinski definition) is 4. The molecule has 20 heavy (non-hydrogen) atoms. The molecule has 0 spiro atoms. The zero-order valence-electron chi connectivity index (χ0n) is 12.9. The fourth-order valence-corrected chi connectivity index (χ4v) is 1.52.